The molecule has 2 amide bonds. The molecule has 0 aromatic heterocycles. The van der Waals surface area contributed by atoms with Gasteiger partial charge in [0.15, 0.2) is 0 Å². The lowest BCUT2D eigenvalue weighted by Crippen LogP contribution is -2.42. The molecule has 1 aliphatic heterocycles. The maximum atomic E-state index is 11.4. The third kappa shape index (κ3) is 2.45. The van der Waals surface area contributed by atoms with E-state index in [1.165, 1.54) is 0 Å². The molecule has 1 saturated heterocycles. The van der Waals surface area contributed by atoms with Crippen LogP contribution in [0, 0.1) is 0 Å². The second-order valence-electron chi connectivity index (χ2n) is 4.26. The average Bonchev–Trinajstić information content (AvgIpc) is 2.27. The number of ether oxygens (including phenoxy) is 1. The van der Waals surface area contributed by atoms with E-state index < -0.39 is 17.9 Å². The zero-order chi connectivity index (χ0) is 10.9. The first-order chi connectivity index (χ1) is 6.31. The molecule has 0 aromatic carbocycles. The number of aliphatic hydroxyl groups excluding tert-OH is 1. The van der Waals surface area contributed by atoms with Gasteiger partial charge in [-0.15, -0.1) is 0 Å². The largest absolute Gasteiger partial charge is 0.443 e. The predicted octanol–water partition coefficient (Wildman–Crippen LogP) is 0.862. The van der Waals surface area contributed by atoms with Crippen LogP contribution in [0.5, 0.6) is 0 Å². The first-order valence-electron chi connectivity index (χ1n) is 4.54. The van der Waals surface area contributed by atoms with Crippen LogP contribution in [-0.2, 0) is 9.53 Å². The smallest absolute Gasteiger partial charge is 0.419 e. The number of aliphatic hydroxyl groups is 1. The van der Waals surface area contributed by atoms with Crippen molar-refractivity contribution in [1.82, 2.24) is 4.90 Å². The van der Waals surface area contributed by atoms with E-state index in [4.69, 9.17) is 4.74 Å². The van der Waals surface area contributed by atoms with Crippen LogP contribution < -0.4 is 0 Å². The van der Waals surface area contributed by atoms with Crippen molar-refractivity contribution in [1.29, 1.82) is 0 Å². The molecule has 1 heterocycles. The lowest BCUT2D eigenvalue weighted by molar-refractivity contribution is -0.131. The van der Waals surface area contributed by atoms with Gasteiger partial charge < -0.3 is 9.84 Å². The topological polar surface area (TPSA) is 66.8 Å². The Morgan fingerprint density at radius 2 is 2.14 bits per heavy atom. The normalized spacial score (nSPS) is 22.7. The summed E-state index contributed by atoms with van der Waals surface area (Å²) in [6.07, 6.45) is -1.32. The van der Waals surface area contributed by atoms with Gasteiger partial charge in [-0.25, -0.2) is 9.69 Å². The number of amides is 2. The second kappa shape index (κ2) is 3.57. The van der Waals surface area contributed by atoms with Gasteiger partial charge >= 0.3 is 6.09 Å². The first kappa shape index (κ1) is 11.0. The number of rotatable bonds is 0. The molecule has 5 heteroatoms. The molecular weight excluding hydrogens is 186 g/mol. The number of hydrogen-bond acceptors (Lipinski definition) is 4. The Morgan fingerprint density at radius 3 is 2.50 bits per heavy atom. The Bertz CT molecular complexity index is 256. The van der Waals surface area contributed by atoms with Gasteiger partial charge in [-0.1, -0.05) is 0 Å². The molecular formula is C9H15NO4. The summed E-state index contributed by atoms with van der Waals surface area (Å²) >= 11 is 0. The molecule has 0 saturated carbocycles. The summed E-state index contributed by atoms with van der Waals surface area (Å²) in [5.41, 5.74) is -0.653. The molecule has 0 radical (unpaired) electrons. The Morgan fingerprint density at radius 1 is 1.57 bits per heavy atom. The monoisotopic (exact) mass is 201 g/mol. The van der Waals surface area contributed by atoms with Gasteiger partial charge in [0.1, 0.15) is 11.8 Å². The summed E-state index contributed by atoms with van der Waals surface area (Å²) in [6.45, 7) is 5.12. The van der Waals surface area contributed by atoms with E-state index in [1.54, 1.807) is 20.8 Å². The molecule has 1 rings (SSSR count). The van der Waals surface area contributed by atoms with Crippen LogP contribution in [0.4, 0.5) is 4.79 Å². The van der Waals surface area contributed by atoms with E-state index in [-0.39, 0.29) is 18.7 Å². The minimum Gasteiger partial charge on any atom is -0.443 e. The number of nitrogens with zero attached hydrogens (tertiary/aromatic N) is 1. The molecule has 14 heavy (non-hydrogen) atoms. The van der Waals surface area contributed by atoms with Crippen LogP contribution in [0.2, 0.25) is 0 Å². The van der Waals surface area contributed by atoms with Crippen LogP contribution in [0.15, 0.2) is 0 Å². The highest BCUT2D eigenvalue weighted by molar-refractivity contribution is 5.93. The molecule has 0 aromatic rings. The van der Waals surface area contributed by atoms with Gasteiger partial charge in [-0.3, -0.25) is 4.79 Å². The van der Waals surface area contributed by atoms with E-state index in [1.807, 2.05) is 0 Å². The van der Waals surface area contributed by atoms with E-state index in [9.17, 15) is 14.7 Å². The predicted molar refractivity (Wildman–Crippen MR) is 48.3 cm³/mol. The van der Waals surface area contributed by atoms with Gasteiger partial charge in [0.25, 0.3) is 0 Å². The zero-order valence-electron chi connectivity index (χ0n) is 8.61. The van der Waals surface area contributed by atoms with Crippen LogP contribution in [0.25, 0.3) is 0 Å². The van der Waals surface area contributed by atoms with Crippen molar-refractivity contribution >= 4 is 12.0 Å². The highest BCUT2D eigenvalue weighted by Crippen LogP contribution is 2.19. The molecule has 1 N–H and O–H groups in total. The third-order valence-electron chi connectivity index (χ3n) is 1.77. The Labute approximate surface area is 82.6 Å². The summed E-state index contributed by atoms with van der Waals surface area (Å²) in [5.74, 6) is -0.383. The molecule has 0 spiro atoms. The molecule has 0 unspecified atom stereocenters. The van der Waals surface area contributed by atoms with Crippen molar-refractivity contribution in [2.24, 2.45) is 0 Å². The molecule has 0 aliphatic carbocycles. The van der Waals surface area contributed by atoms with Gasteiger partial charge in [-0.05, 0) is 20.8 Å². The maximum Gasteiger partial charge on any atom is 0.419 e. The van der Waals surface area contributed by atoms with Crippen LogP contribution >= 0.6 is 0 Å². The van der Waals surface area contributed by atoms with Crippen molar-refractivity contribution < 1.29 is 19.4 Å². The fourth-order valence-corrected chi connectivity index (χ4v) is 1.20. The number of hydrogen-bond donors (Lipinski definition) is 1. The quantitative estimate of drug-likeness (QED) is 0.631. The highest BCUT2D eigenvalue weighted by atomic mass is 16.6. The summed E-state index contributed by atoms with van der Waals surface area (Å²) < 4.78 is 4.97. The van der Waals surface area contributed by atoms with Crippen molar-refractivity contribution in [3.63, 3.8) is 0 Å². The Balaban J connectivity index is 2.65. The molecule has 0 bridgehead atoms. The summed E-state index contributed by atoms with van der Waals surface area (Å²) in [4.78, 5) is 23.4. The van der Waals surface area contributed by atoms with Crippen LogP contribution in [0.3, 0.4) is 0 Å². The fourth-order valence-electron chi connectivity index (χ4n) is 1.20. The first-order valence-corrected chi connectivity index (χ1v) is 4.54. The summed E-state index contributed by atoms with van der Waals surface area (Å²) in [5, 5.41) is 9.33. The molecule has 1 atom stereocenters. The van der Waals surface area contributed by atoms with Gasteiger partial charge in [0.2, 0.25) is 5.91 Å². The maximum absolute atomic E-state index is 11.4. The van der Waals surface area contributed by atoms with Crippen molar-refractivity contribution in [3.05, 3.63) is 0 Å². The number of carbonyl (C=O) groups excluding carboxylic acids is 2. The summed E-state index contributed by atoms with van der Waals surface area (Å²) in [7, 11) is 0. The second-order valence-corrected chi connectivity index (χ2v) is 4.26. The minimum absolute atomic E-state index is 0.195. The number of likely N-dealkylation sites (tertiary alicyclic amines) is 1. The lowest BCUT2D eigenvalue weighted by atomic mass is 10.2. The van der Waals surface area contributed by atoms with Crippen LogP contribution in [0.1, 0.15) is 33.6 Å². The van der Waals surface area contributed by atoms with Crippen molar-refractivity contribution in [3.8, 4) is 0 Å². The molecule has 1 aliphatic rings. The fraction of sp³-hybridized carbons (Fsp3) is 0.778. The molecule has 5 nitrogen and oxygen atoms in total. The SMILES string of the molecule is CC(C)(C)OC(=O)N1C(=O)CC[C@H]1O. The van der Waals surface area contributed by atoms with Crippen molar-refractivity contribution in [2.45, 2.75) is 45.4 Å². The van der Waals surface area contributed by atoms with E-state index >= 15 is 0 Å². The van der Waals surface area contributed by atoms with E-state index in [2.05, 4.69) is 0 Å². The van der Waals surface area contributed by atoms with Gasteiger partial charge in [0.05, 0.1) is 0 Å². The number of carbonyl (C=O) groups is 2. The average molecular weight is 201 g/mol. The van der Waals surface area contributed by atoms with E-state index in [0.717, 1.165) is 4.90 Å². The highest BCUT2D eigenvalue weighted by Gasteiger charge is 2.37. The third-order valence-corrected chi connectivity index (χ3v) is 1.77. The molecule has 80 valence electrons. The minimum atomic E-state index is -1.03. The molecule has 1 fully saturated rings. The van der Waals surface area contributed by atoms with Gasteiger partial charge in [0, 0.05) is 12.8 Å². The Hall–Kier alpha value is -1.10. The Kier molecular flexibility index (Phi) is 2.80. The van der Waals surface area contributed by atoms with Crippen molar-refractivity contribution in [2.75, 3.05) is 0 Å². The zero-order valence-corrected chi connectivity index (χ0v) is 8.61. The van der Waals surface area contributed by atoms with Crippen LogP contribution in [-0.4, -0.2) is 33.8 Å². The standard InChI is InChI=1S/C9H15NO4/c1-9(2,3)14-8(13)10-6(11)4-5-7(10)12/h6,11H,4-5H2,1-3H3/t6-/m1/s1. The van der Waals surface area contributed by atoms with Gasteiger partial charge in [-0.2, -0.15) is 0 Å². The van der Waals surface area contributed by atoms with E-state index in [0.29, 0.717) is 0 Å². The number of imide groups is 1. The summed E-state index contributed by atoms with van der Waals surface area (Å²) in [6, 6.07) is 0. The lowest BCUT2D eigenvalue weighted by Gasteiger charge is -2.24.